The first-order chi connectivity index (χ1) is 9.98. The average Bonchev–Trinajstić information content (AvgIpc) is 2.45. The molecule has 1 aromatic heterocycles. The minimum absolute atomic E-state index is 0.134. The van der Waals surface area contributed by atoms with Crippen molar-refractivity contribution in [3.63, 3.8) is 0 Å². The second-order valence-electron chi connectivity index (χ2n) is 6.79. The van der Waals surface area contributed by atoms with Crippen LogP contribution < -0.4 is 10.2 Å². The highest BCUT2D eigenvalue weighted by Gasteiger charge is 2.21. The van der Waals surface area contributed by atoms with Crippen molar-refractivity contribution in [3.05, 3.63) is 23.9 Å². The minimum atomic E-state index is 0.134. The Balaban J connectivity index is 1.99. The molecule has 0 bridgehead atoms. The summed E-state index contributed by atoms with van der Waals surface area (Å²) in [6.07, 6.45) is 4.60. The fourth-order valence-corrected chi connectivity index (χ4v) is 2.63. The zero-order chi connectivity index (χ0) is 15.3. The second kappa shape index (κ2) is 7.23. The Morgan fingerprint density at radius 3 is 2.95 bits per heavy atom. The summed E-state index contributed by atoms with van der Waals surface area (Å²) in [4.78, 5) is 6.90. The Hall–Kier alpha value is -1.13. The molecule has 1 atom stereocenters. The zero-order valence-corrected chi connectivity index (χ0v) is 13.9. The molecule has 1 N–H and O–H groups in total. The Morgan fingerprint density at radius 2 is 2.24 bits per heavy atom. The fourth-order valence-electron chi connectivity index (χ4n) is 2.63. The normalized spacial score (nSPS) is 19.8. The molecule has 0 saturated carbocycles. The van der Waals surface area contributed by atoms with Crippen LogP contribution in [0.3, 0.4) is 0 Å². The molecular weight excluding hydrogens is 262 g/mol. The number of anilines is 1. The van der Waals surface area contributed by atoms with Crippen LogP contribution in [0.5, 0.6) is 0 Å². The summed E-state index contributed by atoms with van der Waals surface area (Å²) >= 11 is 0. The standard InChI is InChI=1S/C17H29N3O/c1-5-21-15-7-6-10-20(13-15)16-11-14(8-9-18-16)12-19-17(2,3)4/h8-9,11,15,19H,5-7,10,12-13H2,1-4H3. The summed E-state index contributed by atoms with van der Waals surface area (Å²) in [5.74, 6) is 1.08. The Labute approximate surface area is 128 Å². The van der Waals surface area contributed by atoms with Crippen molar-refractivity contribution in [3.8, 4) is 0 Å². The van der Waals surface area contributed by atoms with E-state index in [1.165, 1.54) is 12.0 Å². The van der Waals surface area contributed by atoms with Gasteiger partial charge in [-0.1, -0.05) is 0 Å². The van der Waals surface area contributed by atoms with Crippen LogP contribution in [0.2, 0.25) is 0 Å². The third-order valence-corrected chi connectivity index (χ3v) is 3.74. The van der Waals surface area contributed by atoms with Crippen molar-refractivity contribution >= 4 is 5.82 Å². The van der Waals surface area contributed by atoms with Gasteiger partial charge in [0.1, 0.15) is 5.82 Å². The van der Waals surface area contributed by atoms with E-state index in [-0.39, 0.29) is 5.54 Å². The van der Waals surface area contributed by atoms with Crippen molar-refractivity contribution in [1.82, 2.24) is 10.3 Å². The highest BCUT2D eigenvalue weighted by molar-refractivity contribution is 5.41. The molecule has 2 rings (SSSR count). The van der Waals surface area contributed by atoms with Gasteiger partial charge in [0.15, 0.2) is 0 Å². The molecule has 0 radical (unpaired) electrons. The first-order valence-electron chi connectivity index (χ1n) is 8.04. The van der Waals surface area contributed by atoms with Gasteiger partial charge in [-0.15, -0.1) is 0 Å². The molecule has 4 heteroatoms. The molecule has 1 unspecified atom stereocenters. The van der Waals surface area contributed by atoms with E-state index in [2.05, 4.69) is 55.0 Å². The summed E-state index contributed by atoms with van der Waals surface area (Å²) in [5.41, 5.74) is 1.42. The van der Waals surface area contributed by atoms with Crippen molar-refractivity contribution in [2.75, 3.05) is 24.6 Å². The highest BCUT2D eigenvalue weighted by atomic mass is 16.5. The lowest BCUT2D eigenvalue weighted by Gasteiger charge is -2.33. The lowest BCUT2D eigenvalue weighted by atomic mass is 10.1. The summed E-state index contributed by atoms with van der Waals surface area (Å²) in [6, 6.07) is 4.29. The van der Waals surface area contributed by atoms with E-state index in [1.54, 1.807) is 0 Å². The number of rotatable bonds is 5. The van der Waals surface area contributed by atoms with Gasteiger partial charge in [-0.3, -0.25) is 0 Å². The number of nitrogens with zero attached hydrogens (tertiary/aromatic N) is 2. The lowest BCUT2D eigenvalue weighted by Crippen LogP contribution is -2.40. The number of piperidine rings is 1. The van der Waals surface area contributed by atoms with Crippen LogP contribution in [-0.2, 0) is 11.3 Å². The molecule has 2 heterocycles. The maximum Gasteiger partial charge on any atom is 0.128 e. The van der Waals surface area contributed by atoms with Crippen LogP contribution in [0.25, 0.3) is 0 Å². The van der Waals surface area contributed by atoms with Crippen LogP contribution in [0.4, 0.5) is 5.82 Å². The topological polar surface area (TPSA) is 37.4 Å². The van der Waals surface area contributed by atoms with Crippen molar-refractivity contribution in [2.24, 2.45) is 0 Å². The molecule has 0 amide bonds. The highest BCUT2D eigenvalue weighted by Crippen LogP contribution is 2.20. The van der Waals surface area contributed by atoms with Gasteiger partial charge >= 0.3 is 0 Å². The third kappa shape index (κ3) is 5.29. The van der Waals surface area contributed by atoms with E-state index in [1.807, 2.05) is 6.20 Å². The number of ether oxygens (including phenoxy) is 1. The maximum absolute atomic E-state index is 5.78. The smallest absolute Gasteiger partial charge is 0.128 e. The molecule has 1 aliphatic rings. The van der Waals surface area contributed by atoms with Crippen molar-refractivity contribution < 1.29 is 4.74 Å². The van der Waals surface area contributed by atoms with Gasteiger partial charge in [-0.2, -0.15) is 0 Å². The molecular formula is C17H29N3O. The summed E-state index contributed by atoms with van der Waals surface area (Å²) < 4.78 is 5.78. The minimum Gasteiger partial charge on any atom is -0.377 e. The van der Waals surface area contributed by atoms with Gasteiger partial charge < -0.3 is 15.0 Å². The Morgan fingerprint density at radius 1 is 1.43 bits per heavy atom. The zero-order valence-electron chi connectivity index (χ0n) is 13.9. The fraction of sp³-hybridized carbons (Fsp3) is 0.706. The van der Waals surface area contributed by atoms with E-state index in [0.29, 0.717) is 6.10 Å². The van der Waals surface area contributed by atoms with Crippen LogP contribution >= 0.6 is 0 Å². The van der Waals surface area contributed by atoms with Crippen LogP contribution in [0.1, 0.15) is 46.1 Å². The molecule has 0 spiro atoms. The molecule has 1 saturated heterocycles. The summed E-state index contributed by atoms with van der Waals surface area (Å²) in [6.45, 7) is 12.3. The number of pyridine rings is 1. The van der Waals surface area contributed by atoms with Gasteiger partial charge in [0.2, 0.25) is 0 Å². The largest absolute Gasteiger partial charge is 0.377 e. The van der Waals surface area contributed by atoms with E-state index in [0.717, 1.165) is 38.5 Å². The Bertz CT molecular complexity index is 440. The van der Waals surface area contributed by atoms with E-state index >= 15 is 0 Å². The van der Waals surface area contributed by atoms with Gasteiger partial charge in [0.25, 0.3) is 0 Å². The monoisotopic (exact) mass is 291 g/mol. The van der Waals surface area contributed by atoms with Gasteiger partial charge in [0, 0.05) is 38.0 Å². The van der Waals surface area contributed by atoms with Crippen LogP contribution in [0.15, 0.2) is 18.3 Å². The molecule has 1 aromatic rings. The summed E-state index contributed by atoms with van der Waals surface area (Å²) in [7, 11) is 0. The van der Waals surface area contributed by atoms with Crippen molar-refractivity contribution in [2.45, 2.75) is 58.7 Å². The molecule has 118 valence electrons. The molecule has 0 aromatic carbocycles. The third-order valence-electron chi connectivity index (χ3n) is 3.74. The van der Waals surface area contributed by atoms with E-state index < -0.39 is 0 Å². The number of hydrogen-bond acceptors (Lipinski definition) is 4. The van der Waals surface area contributed by atoms with Gasteiger partial charge in [-0.25, -0.2) is 4.98 Å². The second-order valence-corrected chi connectivity index (χ2v) is 6.79. The SMILES string of the molecule is CCOC1CCCN(c2cc(CNC(C)(C)C)ccn2)C1. The maximum atomic E-state index is 5.78. The first kappa shape index (κ1) is 16.2. The molecule has 1 aliphatic heterocycles. The van der Waals surface area contributed by atoms with Crippen LogP contribution in [-0.4, -0.2) is 36.3 Å². The van der Waals surface area contributed by atoms with E-state index in [4.69, 9.17) is 4.74 Å². The number of hydrogen-bond donors (Lipinski definition) is 1. The molecule has 4 nitrogen and oxygen atoms in total. The molecule has 0 aliphatic carbocycles. The van der Waals surface area contributed by atoms with E-state index in [9.17, 15) is 0 Å². The van der Waals surface area contributed by atoms with Crippen LogP contribution in [0, 0.1) is 0 Å². The Kier molecular flexibility index (Phi) is 5.59. The number of aromatic nitrogens is 1. The molecule has 1 fully saturated rings. The van der Waals surface area contributed by atoms with Crippen molar-refractivity contribution in [1.29, 1.82) is 0 Å². The number of nitrogens with one attached hydrogen (secondary N) is 1. The predicted molar refractivity (Wildman–Crippen MR) is 87.7 cm³/mol. The lowest BCUT2D eigenvalue weighted by molar-refractivity contribution is 0.0525. The average molecular weight is 291 g/mol. The molecule has 21 heavy (non-hydrogen) atoms. The summed E-state index contributed by atoms with van der Waals surface area (Å²) in [5, 5.41) is 3.53. The first-order valence-corrected chi connectivity index (χ1v) is 8.04. The van der Waals surface area contributed by atoms with Gasteiger partial charge in [-0.05, 0) is 58.2 Å². The van der Waals surface area contributed by atoms with Gasteiger partial charge in [0.05, 0.1) is 6.10 Å². The predicted octanol–water partition coefficient (Wildman–Crippen LogP) is 2.98. The quantitative estimate of drug-likeness (QED) is 0.905.